The van der Waals surface area contributed by atoms with Crippen LogP contribution >= 0.6 is 0 Å². The van der Waals surface area contributed by atoms with E-state index in [2.05, 4.69) is 9.97 Å². The first-order valence-corrected chi connectivity index (χ1v) is 4.34. The Hall–Kier alpha value is -1.85. The van der Waals surface area contributed by atoms with Crippen LogP contribution in [0.5, 0.6) is 0 Å². The van der Waals surface area contributed by atoms with Crippen LogP contribution in [-0.4, -0.2) is 9.97 Å². The molecule has 0 atom stereocenters. The summed E-state index contributed by atoms with van der Waals surface area (Å²) in [5, 5.41) is 0. The van der Waals surface area contributed by atoms with E-state index in [1.807, 2.05) is 0 Å². The smallest absolute Gasteiger partial charge is 0.351 e. The predicted octanol–water partition coefficient (Wildman–Crippen LogP) is 3.23. The zero-order valence-electron chi connectivity index (χ0n) is 7.85. The Kier molecular flexibility index (Phi) is 2.41. The lowest BCUT2D eigenvalue weighted by atomic mass is 10.1. The van der Waals surface area contributed by atoms with E-state index in [-0.39, 0.29) is 5.56 Å². The summed E-state index contributed by atoms with van der Waals surface area (Å²) < 4.78 is 50.2. The number of hydrogen-bond acceptors (Lipinski definition) is 1. The number of alkyl halides is 3. The first-order chi connectivity index (χ1) is 7.48. The van der Waals surface area contributed by atoms with Crippen molar-refractivity contribution in [1.29, 1.82) is 0 Å². The fraction of sp³-hybridized carbons (Fsp3) is 0.100. The minimum Gasteiger partial charge on any atom is -0.351 e. The Labute approximate surface area is 87.9 Å². The minimum atomic E-state index is -4.70. The Bertz CT molecular complexity index is 488. The lowest BCUT2D eigenvalue weighted by molar-refractivity contribution is -0.139. The van der Waals surface area contributed by atoms with Crippen molar-refractivity contribution in [2.75, 3.05) is 0 Å². The number of nitrogens with one attached hydrogen (secondary N) is 1. The average Bonchev–Trinajstić information content (AvgIpc) is 2.69. The molecule has 1 N–H and O–H groups in total. The molecule has 1 heterocycles. The number of hydrogen-bond donors (Lipinski definition) is 1. The normalized spacial score (nSPS) is 11.8. The van der Waals surface area contributed by atoms with Crippen LogP contribution in [0.3, 0.4) is 0 Å². The van der Waals surface area contributed by atoms with Gasteiger partial charge in [0.05, 0.1) is 17.6 Å². The van der Waals surface area contributed by atoms with Crippen LogP contribution in [0.4, 0.5) is 17.6 Å². The predicted molar refractivity (Wildman–Crippen MR) is 49.0 cm³/mol. The van der Waals surface area contributed by atoms with Gasteiger partial charge in [0.1, 0.15) is 5.82 Å². The van der Waals surface area contributed by atoms with E-state index in [0.29, 0.717) is 5.69 Å². The molecule has 84 valence electrons. The number of aromatic amines is 1. The lowest BCUT2D eigenvalue weighted by Crippen LogP contribution is -2.08. The molecule has 0 saturated carbocycles. The van der Waals surface area contributed by atoms with Gasteiger partial charge in [0.2, 0.25) is 0 Å². The summed E-state index contributed by atoms with van der Waals surface area (Å²) in [4.78, 5) is 6.41. The SMILES string of the molecule is Fc1ccc(-c2c[nH]cn2)cc1C(F)(F)F. The highest BCUT2D eigenvalue weighted by Crippen LogP contribution is 2.33. The van der Waals surface area contributed by atoms with E-state index >= 15 is 0 Å². The van der Waals surface area contributed by atoms with Gasteiger partial charge in [-0.1, -0.05) is 0 Å². The van der Waals surface area contributed by atoms with E-state index in [4.69, 9.17) is 0 Å². The highest BCUT2D eigenvalue weighted by molar-refractivity contribution is 5.59. The van der Waals surface area contributed by atoms with Gasteiger partial charge < -0.3 is 4.98 Å². The van der Waals surface area contributed by atoms with E-state index < -0.39 is 17.6 Å². The maximum absolute atomic E-state index is 13.0. The summed E-state index contributed by atoms with van der Waals surface area (Å²) in [5.41, 5.74) is -0.728. The van der Waals surface area contributed by atoms with Crippen LogP contribution in [0.2, 0.25) is 0 Å². The van der Waals surface area contributed by atoms with Crippen LogP contribution in [0.15, 0.2) is 30.7 Å². The summed E-state index contributed by atoms with van der Waals surface area (Å²) in [6.45, 7) is 0. The minimum absolute atomic E-state index is 0.218. The van der Waals surface area contributed by atoms with Crippen LogP contribution in [0.25, 0.3) is 11.3 Å². The van der Waals surface area contributed by atoms with Crippen molar-refractivity contribution >= 4 is 0 Å². The number of imidazole rings is 1. The van der Waals surface area contributed by atoms with Crippen molar-refractivity contribution in [3.63, 3.8) is 0 Å². The lowest BCUT2D eigenvalue weighted by Gasteiger charge is -2.08. The molecule has 1 aromatic heterocycles. The molecule has 2 rings (SSSR count). The summed E-state index contributed by atoms with van der Waals surface area (Å²) in [6.07, 6.45) is -1.92. The molecule has 0 amide bonds. The first-order valence-electron chi connectivity index (χ1n) is 4.34. The highest BCUT2D eigenvalue weighted by atomic mass is 19.4. The van der Waals surface area contributed by atoms with Gasteiger partial charge in [-0.05, 0) is 18.2 Å². The molecule has 2 nitrogen and oxygen atoms in total. The molecular weight excluding hydrogens is 224 g/mol. The van der Waals surface area contributed by atoms with Gasteiger partial charge in [-0.2, -0.15) is 13.2 Å². The number of rotatable bonds is 1. The van der Waals surface area contributed by atoms with Gasteiger partial charge in [-0.15, -0.1) is 0 Å². The summed E-state index contributed by atoms with van der Waals surface area (Å²) in [6, 6.07) is 2.78. The standard InChI is InChI=1S/C10H6F4N2/c11-8-2-1-6(9-4-15-5-16-9)3-7(8)10(12,13)14/h1-5H,(H,15,16). The zero-order chi connectivity index (χ0) is 11.8. The van der Waals surface area contributed by atoms with E-state index in [9.17, 15) is 17.6 Å². The fourth-order valence-electron chi connectivity index (χ4n) is 1.32. The van der Waals surface area contributed by atoms with Gasteiger partial charge in [0.15, 0.2) is 0 Å². The van der Waals surface area contributed by atoms with Gasteiger partial charge in [-0.25, -0.2) is 9.37 Å². The Morgan fingerprint density at radius 2 is 1.94 bits per heavy atom. The molecule has 0 aliphatic heterocycles. The maximum Gasteiger partial charge on any atom is 0.419 e. The van der Waals surface area contributed by atoms with Gasteiger partial charge in [0.25, 0.3) is 0 Å². The molecule has 16 heavy (non-hydrogen) atoms. The molecular formula is C10H6F4N2. The molecule has 0 fully saturated rings. The van der Waals surface area contributed by atoms with Gasteiger partial charge >= 0.3 is 6.18 Å². The van der Waals surface area contributed by atoms with Crippen molar-refractivity contribution in [2.24, 2.45) is 0 Å². The van der Waals surface area contributed by atoms with Gasteiger partial charge in [-0.3, -0.25) is 0 Å². The monoisotopic (exact) mass is 230 g/mol. The Balaban J connectivity index is 2.52. The summed E-state index contributed by atoms with van der Waals surface area (Å²) >= 11 is 0. The van der Waals surface area contributed by atoms with Gasteiger partial charge in [0, 0.05) is 11.8 Å². The van der Waals surface area contributed by atoms with Crippen LogP contribution in [0, 0.1) is 5.82 Å². The van der Waals surface area contributed by atoms with Crippen LogP contribution in [0.1, 0.15) is 5.56 Å². The van der Waals surface area contributed by atoms with Crippen molar-refractivity contribution in [1.82, 2.24) is 9.97 Å². The van der Waals surface area contributed by atoms with Crippen molar-refractivity contribution in [3.05, 3.63) is 42.1 Å². The fourth-order valence-corrected chi connectivity index (χ4v) is 1.32. The van der Waals surface area contributed by atoms with E-state index in [1.54, 1.807) is 0 Å². The summed E-state index contributed by atoms with van der Waals surface area (Å²) in [7, 11) is 0. The third-order valence-corrected chi connectivity index (χ3v) is 2.07. The molecule has 0 spiro atoms. The number of aromatic nitrogens is 2. The molecule has 0 aliphatic carbocycles. The van der Waals surface area contributed by atoms with Crippen LogP contribution < -0.4 is 0 Å². The van der Waals surface area contributed by atoms with Crippen molar-refractivity contribution in [3.8, 4) is 11.3 Å². The molecule has 0 bridgehead atoms. The molecule has 0 radical (unpaired) electrons. The molecule has 1 aromatic carbocycles. The quantitative estimate of drug-likeness (QED) is 0.748. The Morgan fingerprint density at radius 1 is 1.19 bits per heavy atom. The second-order valence-corrected chi connectivity index (χ2v) is 3.15. The molecule has 6 heteroatoms. The summed E-state index contributed by atoms with van der Waals surface area (Å²) in [5.74, 6) is -1.29. The van der Waals surface area contributed by atoms with E-state index in [0.717, 1.165) is 12.1 Å². The highest BCUT2D eigenvalue weighted by Gasteiger charge is 2.34. The second kappa shape index (κ2) is 3.62. The molecule has 2 aromatic rings. The molecule has 0 aliphatic rings. The number of benzene rings is 1. The second-order valence-electron chi connectivity index (χ2n) is 3.15. The zero-order valence-corrected chi connectivity index (χ0v) is 7.85. The average molecular weight is 230 g/mol. The first kappa shape index (κ1) is 10.7. The van der Waals surface area contributed by atoms with E-state index in [1.165, 1.54) is 18.6 Å². The van der Waals surface area contributed by atoms with Crippen molar-refractivity contribution in [2.45, 2.75) is 6.18 Å². The number of halogens is 4. The number of nitrogens with zero attached hydrogens (tertiary/aromatic N) is 1. The Morgan fingerprint density at radius 3 is 2.50 bits per heavy atom. The largest absolute Gasteiger partial charge is 0.419 e. The molecule has 0 unspecified atom stereocenters. The third-order valence-electron chi connectivity index (χ3n) is 2.07. The maximum atomic E-state index is 13.0. The van der Waals surface area contributed by atoms with Crippen LogP contribution in [-0.2, 0) is 6.18 Å². The molecule has 0 saturated heterocycles. The van der Waals surface area contributed by atoms with Crippen molar-refractivity contribution < 1.29 is 17.6 Å². The number of H-pyrrole nitrogens is 1. The topological polar surface area (TPSA) is 28.7 Å². The third kappa shape index (κ3) is 1.91.